The zero-order chi connectivity index (χ0) is 17.7. The molecule has 0 spiro atoms. The van der Waals surface area contributed by atoms with Gasteiger partial charge < -0.3 is 14.5 Å². The van der Waals surface area contributed by atoms with Gasteiger partial charge in [-0.05, 0) is 37.1 Å². The van der Waals surface area contributed by atoms with Crippen molar-refractivity contribution in [3.63, 3.8) is 0 Å². The molecule has 1 heterocycles. The minimum absolute atomic E-state index is 0.0490. The Morgan fingerprint density at radius 3 is 2.12 bits per heavy atom. The largest absolute Gasteiger partial charge is 0.484 e. The van der Waals surface area contributed by atoms with Gasteiger partial charge >= 0.3 is 0 Å². The van der Waals surface area contributed by atoms with Crippen LogP contribution in [-0.2, 0) is 9.59 Å². The summed E-state index contributed by atoms with van der Waals surface area (Å²) in [5.41, 5.74) is 1.81. The van der Waals surface area contributed by atoms with E-state index < -0.39 is 0 Å². The number of amides is 2. The van der Waals surface area contributed by atoms with E-state index in [1.807, 2.05) is 19.9 Å². The molecule has 0 aliphatic carbocycles. The second-order valence-corrected chi connectivity index (χ2v) is 6.13. The zero-order valence-corrected chi connectivity index (χ0v) is 14.6. The van der Waals surface area contributed by atoms with Crippen molar-refractivity contribution < 1.29 is 14.3 Å². The number of piperazine rings is 1. The molecular weight excluding hydrogens is 330 g/mol. The first-order valence-corrected chi connectivity index (χ1v) is 8.12. The Balaban J connectivity index is 1.84. The fraction of sp³-hybridized carbons (Fsp3) is 0.471. The van der Waals surface area contributed by atoms with Crippen LogP contribution in [0.3, 0.4) is 0 Å². The van der Waals surface area contributed by atoms with Crippen LogP contribution in [-0.4, -0.2) is 54.4 Å². The first-order chi connectivity index (χ1) is 11.4. The number of nitriles is 1. The van der Waals surface area contributed by atoms with Gasteiger partial charge in [0.25, 0.3) is 5.91 Å². The molecular formula is C17H20ClN3O3. The molecule has 24 heavy (non-hydrogen) atoms. The first kappa shape index (κ1) is 18.1. The van der Waals surface area contributed by atoms with Gasteiger partial charge in [0.1, 0.15) is 12.2 Å². The van der Waals surface area contributed by atoms with Crippen molar-refractivity contribution in [2.45, 2.75) is 20.3 Å². The summed E-state index contributed by atoms with van der Waals surface area (Å²) in [6, 6.07) is 5.46. The summed E-state index contributed by atoms with van der Waals surface area (Å²) in [6.07, 6.45) is -0.119. The molecule has 0 atom stereocenters. The van der Waals surface area contributed by atoms with E-state index in [-0.39, 0.29) is 24.8 Å². The van der Waals surface area contributed by atoms with Gasteiger partial charge in [-0.1, -0.05) is 11.6 Å². The van der Waals surface area contributed by atoms with Crippen molar-refractivity contribution in [2.24, 2.45) is 0 Å². The lowest BCUT2D eigenvalue weighted by Gasteiger charge is -2.34. The number of carbonyl (C=O) groups excluding carboxylic acids is 2. The van der Waals surface area contributed by atoms with Gasteiger partial charge in [-0.25, -0.2) is 0 Å². The van der Waals surface area contributed by atoms with Crippen molar-refractivity contribution in [3.8, 4) is 11.8 Å². The van der Waals surface area contributed by atoms with Gasteiger partial charge in [0.05, 0.1) is 6.07 Å². The Labute approximate surface area is 146 Å². The second-order valence-electron chi connectivity index (χ2n) is 5.76. The average Bonchev–Trinajstić information content (AvgIpc) is 2.57. The lowest BCUT2D eigenvalue weighted by molar-refractivity contribution is -0.140. The number of halogens is 1. The summed E-state index contributed by atoms with van der Waals surface area (Å²) in [4.78, 5) is 27.2. The van der Waals surface area contributed by atoms with Crippen LogP contribution in [0.5, 0.6) is 5.75 Å². The Morgan fingerprint density at radius 1 is 1.12 bits per heavy atom. The van der Waals surface area contributed by atoms with E-state index in [2.05, 4.69) is 0 Å². The summed E-state index contributed by atoms with van der Waals surface area (Å²) in [6.45, 7) is 5.54. The molecule has 1 aromatic carbocycles. The lowest BCUT2D eigenvalue weighted by atomic mass is 10.1. The van der Waals surface area contributed by atoms with Crippen LogP contribution in [0.2, 0.25) is 5.02 Å². The molecule has 6 nitrogen and oxygen atoms in total. The molecule has 0 bridgehead atoms. The highest BCUT2D eigenvalue weighted by molar-refractivity contribution is 6.32. The lowest BCUT2D eigenvalue weighted by Crippen LogP contribution is -2.51. The fourth-order valence-electron chi connectivity index (χ4n) is 2.61. The molecule has 0 N–H and O–H groups in total. The van der Waals surface area contributed by atoms with Crippen molar-refractivity contribution in [3.05, 3.63) is 28.3 Å². The maximum absolute atomic E-state index is 12.2. The van der Waals surface area contributed by atoms with Crippen molar-refractivity contribution >= 4 is 23.4 Å². The molecule has 128 valence electrons. The van der Waals surface area contributed by atoms with E-state index in [4.69, 9.17) is 21.6 Å². The fourth-order valence-corrected chi connectivity index (χ4v) is 2.72. The Morgan fingerprint density at radius 2 is 1.62 bits per heavy atom. The van der Waals surface area contributed by atoms with Crippen molar-refractivity contribution in [1.29, 1.82) is 5.26 Å². The molecule has 1 fully saturated rings. The molecule has 2 amide bonds. The third-order valence-corrected chi connectivity index (χ3v) is 4.58. The van der Waals surface area contributed by atoms with Crippen LogP contribution in [0.15, 0.2) is 12.1 Å². The normalized spacial score (nSPS) is 14.2. The number of ether oxygens (including phenoxy) is 1. The summed E-state index contributed by atoms with van der Waals surface area (Å²) in [5, 5.41) is 9.26. The molecule has 1 aliphatic heterocycles. The molecule has 0 unspecified atom stereocenters. The number of rotatable bonds is 4. The maximum atomic E-state index is 12.2. The number of hydrogen-bond donors (Lipinski definition) is 0. The summed E-state index contributed by atoms with van der Waals surface area (Å²) in [7, 11) is 0. The summed E-state index contributed by atoms with van der Waals surface area (Å²) < 4.78 is 5.58. The zero-order valence-electron chi connectivity index (χ0n) is 13.8. The molecule has 1 aromatic rings. The van der Waals surface area contributed by atoms with Gasteiger partial charge in [-0.3, -0.25) is 9.59 Å². The smallest absolute Gasteiger partial charge is 0.260 e. The van der Waals surface area contributed by atoms with Gasteiger partial charge in [-0.15, -0.1) is 0 Å². The van der Waals surface area contributed by atoms with E-state index in [1.54, 1.807) is 21.9 Å². The van der Waals surface area contributed by atoms with Gasteiger partial charge in [-0.2, -0.15) is 5.26 Å². The molecule has 0 saturated carbocycles. The number of carbonyl (C=O) groups is 2. The van der Waals surface area contributed by atoms with E-state index in [1.165, 1.54) is 0 Å². The SMILES string of the molecule is Cc1cc(OCC(=O)N2CCN(C(=O)CC#N)CC2)cc(C)c1Cl. The summed E-state index contributed by atoms with van der Waals surface area (Å²) in [5.74, 6) is 0.311. The van der Waals surface area contributed by atoms with Gasteiger partial charge in [0, 0.05) is 31.2 Å². The third-order valence-electron chi connectivity index (χ3n) is 3.99. The van der Waals surface area contributed by atoms with Crippen LogP contribution in [0, 0.1) is 25.2 Å². The highest BCUT2D eigenvalue weighted by Gasteiger charge is 2.24. The number of nitrogens with zero attached hydrogens (tertiary/aromatic N) is 3. The van der Waals surface area contributed by atoms with Crippen LogP contribution in [0.4, 0.5) is 0 Å². The van der Waals surface area contributed by atoms with E-state index in [9.17, 15) is 9.59 Å². The minimum Gasteiger partial charge on any atom is -0.484 e. The predicted octanol–water partition coefficient (Wildman–Crippen LogP) is 1.92. The van der Waals surface area contributed by atoms with Crippen LogP contribution < -0.4 is 4.74 Å². The average molecular weight is 350 g/mol. The predicted molar refractivity (Wildman–Crippen MR) is 89.8 cm³/mol. The Kier molecular flexibility index (Phi) is 6.04. The third kappa shape index (κ3) is 4.39. The second kappa shape index (κ2) is 8.02. The molecule has 2 rings (SSSR count). The highest BCUT2D eigenvalue weighted by Crippen LogP contribution is 2.25. The van der Waals surface area contributed by atoms with E-state index in [0.717, 1.165) is 11.1 Å². The van der Waals surface area contributed by atoms with Crippen LogP contribution >= 0.6 is 11.6 Å². The number of aryl methyl sites for hydroxylation is 2. The standard InChI is InChI=1S/C17H20ClN3O3/c1-12-9-14(10-13(2)17(12)18)24-11-16(23)21-7-5-20(6-8-21)15(22)3-4-19/h9-10H,3,5-8,11H2,1-2H3. The van der Waals surface area contributed by atoms with E-state index >= 15 is 0 Å². The first-order valence-electron chi connectivity index (χ1n) is 7.74. The monoisotopic (exact) mass is 349 g/mol. The van der Waals surface area contributed by atoms with Gasteiger partial charge in [0.15, 0.2) is 6.61 Å². The van der Waals surface area contributed by atoms with Crippen molar-refractivity contribution in [1.82, 2.24) is 9.80 Å². The number of benzene rings is 1. The molecule has 0 radical (unpaired) electrons. The van der Waals surface area contributed by atoms with Gasteiger partial charge in [0.2, 0.25) is 5.91 Å². The summed E-state index contributed by atoms with van der Waals surface area (Å²) >= 11 is 6.11. The minimum atomic E-state index is -0.187. The quantitative estimate of drug-likeness (QED) is 0.832. The topological polar surface area (TPSA) is 73.6 Å². The Hall–Kier alpha value is -2.26. The van der Waals surface area contributed by atoms with Crippen LogP contribution in [0.1, 0.15) is 17.5 Å². The molecule has 1 aliphatic rings. The highest BCUT2D eigenvalue weighted by atomic mass is 35.5. The van der Waals surface area contributed by atoms with E-state index in [0.29, 0.717) is 37.0 Å². The van der Waals surface area contributed by atoms with Crippen LogP contribution in [0.25, 0.3) is 0 Å². The number of hydrogen-bond acceptors (Lipinski definition) is 4. The molecule has 7 heteroatoms. The Bertz CT molecular complexity index is 653. The molecule has 0 aromatic heterocycles. The maximum Gasteiger partial charge on any atom is 0.260 e. The molecule has 1 saturated heterocycles. The van der Waals surface area contributed by atoms with Crippen molar-refractivity contribution in [2.75, 3.05) is 32.8 Å².